The number of amides is 2. The summed E-state index contributed by atoms with van der Waals surface area (Å²) in [5.74, 6) is 0.623. The summed E-state index contributed by atoms with van der Waals surface area (Å²) in [4.78, 5) is 16.3. The molecule has 2 amide bonds. The molecule has 7 heteroatoms. The number of imidazole rings is 1. The Balaban J connectivity index is 1.36. The Morgan fingerprint density at radius 2 is 2.16 bits per heavy atom. The second kappa shape index (κ2) is 8.67. The SMILES string of the molecule is C[C@H]1CCCC[C@@H]1OCCNC(=O)NCc1cn2cc(Br)ccc2n1. The number of aromatic nitrogens is 2. The Bertz CT molecular complexity index is 718. The molecule has 0 bridgehead atoms. The van der Waals surface area contributed by atoms with Crippen LogP contribution in [0.15, 0.2) is 29.0 Å². The van der Waals surface area contributed by atoms with Gasteiger partial charge in [-0.1, -0.05) is 19.8 Å². The van der Waals surface area contributed by atoms with Gasteiger partial charge < -0.3 is 19.8 Å². The maximum absolute atomic E-state index is 11.9. The van der Waals surface area contributed by atoms with Gasteiger partial charge in [-0.2, -0.15) is 0 Å². The van der Waals surface area contributed by atoms with Crippen LogP contribution in [0.2, 0.25) is 0 Å². The van der Waals surface area contributed by atoms with Crippen LogP contribution in [0, 0.1) is 5.92 Å². The Kier molecular flexibility index (Phi) is 6.31. The molecule has 0 saturated heterocycles. The van der Waals surface area contributed by atoms with Gasteiger partial charge in [0.2, 0.25) is 0 Å². The van der Waals surface area contributed by atoms with E-state index in [1.165, 1.54) is 19.3 Å². The first-order valence-electron chi connectivity index (χ1n) is 8.88. The molecule has 0 unspecified atom stereocenters. The van der Waals surface area contributed by atoms with Gasteiger partial charge in [0.1, 0.15) is 5.65 Å². The quantitative estimate of drug-likeness (QED) is 0.718. The fourth-order valence-corrected chi connectivity index (χ4v) is 3.59. The van der Waals surface area contributed by atoms with Gasteiger partial charge in [0.05, 0.1) is 24.9 Å². The maximum Gasteiger partial charge on any atom is 0.315 e. The first-order valence-corrected chi connectivity index (χ1v) is 9.67. The van der Waals surface area contributed by atoms with Crippen molar-refractivity contribution in [2.24, 2.45) is 5.92 Å². The number of carbonyl (C=O) groups excluding carboxylic acids is 1. The van der Waals surface area contributed by atoms with Gasteiger partial charge in [0, 0.05) is 23.4 Å². The Labute approximate surface area is 156 Å². The average molecular weight is 409 g/mol. The van der Waals surface area contributed by atoms with Gasteiger partial charge in [-0.3, -0.25) is 0 Å². The van der Waals surface area contributed by atoms with Crippen LogP contribution >= 0.6 is 15.9 Å². The molecule has 6 nitrogen and oxygen atoms in total. The molecule has 2 N–H and O–H groups in total. The number of halogens is 1. The number of hydrogen-bond acceptors (Lipinski definition) is 3. The second-order valence-corrected chi connectivity index (χ2v) is 7.54. The number of rotatable bonds is 6. The minimum absolute atomic E-state index is 0.196. The normalized spacial score (nSPS) is 20.6. The summed E-state index contributed by atoms with van der Waals surface area (Å²) in [5.41, 5.74) is 1.68. The van der Waals surface area contributed by atoms with Gasteiger partial charge in [-0.15, -0.1) is 0 Å². The van der Waals surface area contributed by atoms with E-state index in [1.54, 1.807) is 0 Å². The van der Waals surface area contributed by atoms with Crippen molar-refractivity contribution in [2.75, 3.05) is 13.2 Å². The summed E-state index contributed by atoms with van der Waals surface area (Å²) in [6, 6.07) is 3.68. The number of fused-ring (bicyclic) bond motifs is 1. The van der Waals surface area contributed by atoms with E-state index in [-0.39, 0.29) is 6.03 Å². The summed E-state index contributed by atoms with van der Waals surface area (Å²) in [5, 5.41) is 5.66. The highest BCUT2D eigenvalue weighted by molar-refractivity contribution is 9.10. The number of hydrogen-bond donors (Lipinski definition) is 2. The Hall–Kier alpha value is -1.60. The van der Waals surface area contributed by atoms with Crippen molar-refractivity contribution >= 4 is 27.6 Å². The lowest BCUT2D eigenvalue weighted by molar-refractivity contribution is -0.00243. The number of nitrogens with zero attached hydrogens (tertiary/aromatic N) is 2. The van der Waals surface area contributed by atoms with Crippen molar-refractivity contribution in [3.05, 3.63) is 34.7 Å². The average Bonchev–Trinajstić information content (AvgIpc) is 3.00. The summed E-state index contributed by atoms with van der Waals surface area (Å²) >= 11 is 3.43. The largest absolute Gasteiger partial charge is 0.376 e. The zero-order valence-electron chi connectivity index (χ0n) is 14.5. The molecule has 25 heavy (non-hydrogen) atoms. The monoisotopic (exact) mass is 408 g/mol. The van der Waals surface area contributed by atoms with Crippen LogP contribution < -0.4 is 10.6 Å². The minimum Gasteiger partial charge on any atom is -0.376 e. The number of ether oxygens (including phenoxy) is 1. The highest BCUT2D eigenvalue weighted by Gasteiger charge is 2.21. The molecule has 0 aliphatic heterocycles. The minimum atomic E-state index is -0.196. The third kappa shape index (κ3) is 5.19. The lowest BCUT2D eigenvalue weighted by Gasteiger charge is -2.28. The second-order valence-electron chi connectivity index (χ2n) is 6.63. The third-order valence-corrected chi connectivity index (χ3v) is 5.12. The van der Waals surface area contributed by atoms with Crippen molar-refractivity contribution in [1.29, 1.82) is 0 Å². The first-order chi connectivity index (χ1) is 12.1. The van der Waals surface area contributed by atoms with Crippen LogP contribution in [-0.2, 0) is 11.3 Å². The summed E-state index contributed by atoms with van der Waals surface area (Å²) in [6.45, 7) is 3.72. The van der Waals surface area contributed by atoms with Gasteiger partial charge >= 0.3 is 6.03 Å². The fourth-order valence-electron chi connectivity index (χ4n) is 3.24. The summed E-state index contributed by atoms with van der Waals surface area (Å²) in [6.07, 6.45) is 9.13. The molecule has 1 saturated carbocycles. The molecule has 2 heterocycles. The van der Waals surface area contributed by atoms with E-state index in [0.29, 0.717) is 31.7 Å². The molecule has 1 aliphatic carbocycles. The highest BCUT2D eigenvalue weighted by Crippen LogP contribution is 2.25. The Morgan fingerprint density at radius 1 is 1.32 bits per heavy atom. The fraction of sp³-hybridized carbons (Fsp3) is 0.556. The predicted octanol–water partition coefficient (Wildman–Crippen LogP) is 3.49. The lowest BCUT2D eigenvalue weighted by atomic mass is 9.88. The molecular weight excluding hydrogens is 384 g/mol. The van der Waals surface area contributed by atoms with Crippen molar-refractivity contribution in [3.63, 3.8) is 0 Å². The van der Waals surface area contributed by atoms with E-state index in [9.17, 15) is 4.79 Å². The zero-order valence-corrected chi connectivity index (χ0v) is 16.1. The molecule has 2 aromatic heterocycles. The zero-order chi connectivity index (χ0) is 17.6. The maximum atomic E-state index is 11.9. The van der Waals surface area contributed by atoms with E-state index in [4.69, 9.17) is 4.74 Å². The van der Waals surface area contributed by atoms with Crippen LogP contribution in [0.5, 0.6) is 0 Å². The van der Waals surface area contributed by atoms with E-state index < -0.39 is 0 Å². The number of nitrogens with one attached hydrogen (secondary N) is 2. The molecule has 0 spiro atoms. The Morgan fingerprint density at radius 3 is 3.00 bits per heavy atom. The number of pyridine rings is 1. The third-order valence-electron chi connectivity index (χ3n) is 4.65. The summed E-state index contributed by atoms with van der Waals surface area (Å²) in [7, 11) is 0. The predicted molar refractivity (Wildman–Crippen MR) is 101 cm³/mol. The van der Waals surface area contributed by atoms with E-state index in [1.807, 2.05) is 28.9 Å². The number of carbonyl (C=O) groups is 1. The van der Waals surface area contributed by atoms with E-state index in [0.717, 1.165) is 22.2 Å². The standard InChI is InChI=1S/C18H25BrN4O2/c1-13-4-2-3-5-16(13)25-9-8-20-18(24)21-10-15-12-23-11-14(19)6-7-17(23)22-15/h6-7,11-13,16H,2-5,8-10H2,1H3,(H2,20,21,24)/t13-,16-/m0/s1. The van der Waals surface area contributed by atoms with Crippen molar-refractivity contribution < 1.29 is 9.53 Å². The van der Waals surface area contributed by atoms with Crippen molar-refractivity contribution in [2.45, 2.75) is 45.3 Å². The molecule has 136 valence electrons. The van der Waals surface area contributed by atoms with Crippen LogP contribution in [0.4, 0.5) is 4.79 Å². The van der Waals surface area contributed by atoms with Gasteiger partial charge in [-0.05, 0) is 46.8 Å². The molecular formula is C18H25BrN4O2. The van der Waals surface area contributed by atoms with Gasteiger partial charge in [-0.25, -0.2) is 9.78 Å². The van der Waals surface area contributed by atoms with Crippen molar-refractivity contribution in [3.8, 4) is 0 Å². The smallest absolute Gasteiger partial charge is 0.315 e. The van der Waals surface area contributed by atoms with Gasteiger partial charge in [0.15, 0.2) is 0 Å². The first kappa shape index (κ1) is 18.2. The van der Waals surface area contributed by atoms with Crippen LogP contribution in [0.3, 0.4) is 0 Å². The molecule has 2 aromatic rings. The van der Waals surface area contributed by atoms with E-state index in [2.05, 4.69) is 38.5 Å². The molecule has 0 radical (unpaired) electrons. The van der Waals surface area contributed by atoms with E-state index >= 15 is 0 Å². The molecule has 3 rings (SSSR count). The number of urea groups is 1. The van der Waals surface area contributed by atoms with Crippen LogP contribution in [0.25, 0.3) is 5.65 Å². The van der Waals surface area contributed by atoms with Crippen LogP contribution in [0.1, 0.15) is 38.3 Å². The molecule has 2 atom stereocenters. The molecule has 1 fully saturated rings. The van der Waals surface area contributed by atoms with Crippen LogP contribution in [-0.4, -0.2) is 34.7 Å². The van der Waals surface area contributed by atoms with Gasteiger partial charge in [0.25, 0.3) is 0 Å². The molecule has 1 aliphatic rings. The highest BCUT2D eigenvalue weighted by atomic mass is 79.9. The topological polar surface area (TPSA) is 67.7 Å². The molecule has 0 aromatic carbocycles. The lowest BCUT2D eigenvalue weighted by Crippen LogP contribution is -2.38. The van der Waals surface area contributed by atoms with Crippen molar-refractivity contribution in [1.82, 2.24) is 20.0 Å². The summed E-state index contributed by atoms with van der Waals surface area (Å²) < 4.78 is 8.81.